The Morgan fingerprint density at radius 1 is 1.11 bits per heavy atom. The predicted octanol–water partition coefficient (Wildman–Crippen LogP) is 4.76. The second-order valence-electron chi connectivity index (χ2n) is 9.33. The first-order valence-electron chi connectivity index (χ1n) is 11.1. The molecule has 0 radical (unpaired) electrons. The molecular formula is C23H23Cl2N7O5. The molecule has 3 aromatic heterocycles. The van der Waals surface area contributed by atoms with Crippen LogP contribution in [-0.4, -0.2) is 41.6 Å². The number of halogens is 2. The van der Waals surface area contributed by atoms with Gasteiger partial charge in [0.05, 0.1) is 15.7 Å². The number of nitrogens with one attached hydrogen (secondary N) is 3. The van der Waals surface area contributed by atoms with Crippen LogP contribution in [0.25, 0.3) is 16.7 Å². The summed E-state index contributed by atoms with van der Waals surface area (Å²) in [4.78, 5) is 41.8. The first-order valence-corrected chi connectivity index (χ1v) is 11.8. The van der Waals surface area contributed by atoms with Gasteiger partial charge in [0, 0.05) is 17.6 Å². The first kappa shape index (κ1) is 26.2. The number of amides is 1. The molecule has 0 unspecified atom stereocenters. The number of aromatic nitrogens is 6. The number of carbonyl (C=O) groups is 1. The van der Waals surface area contributed by atoms with E-state index in [4.69, 9.17) is 32.7 Å². The molecule has 1 amide bonds. The van der Waals surface area contributed by atoms with Gasteiger partial charge in [0.15, 0.2) is 11.4 Å². The molecule has 0 spiro atoms. The molecule has 14 heteroatoms. The lowest BCUT2D eigenvalue weighted by molar-refractivity contribution is 0.0634. The van der Waals surface area contributed by atoms with Gasteiger partial charge in [0.1, 0.15) is 5.60 Å². The lowest BCUT2D eigenvalue weighted by Crippen LogP contribution is -2.36. The largest absolute Gasteiger partial charge is 0.444 e. The van der Waals surface area contributed by atoms with Gasteiger partial charge in [-0.1, -0.05) is 37.0 Å². The Balaban J connectivity index is 1.66. The average molecular weight is 548 g/mol. The van der Waals surface area contributed by atoms with Gasteiger partial charge in [-0.15, -0.1) is 15.3 Å². The zero-order chi connectivity index (χ0) is 27.1. The number of H-pyrrole nitrogens is 2. The van der Waals surface area contributed by atoms with Crippen molar-refractivity contribution in [2.24, 2.45) is 0 Å². The van der Waals surface area contributed by atoms with E-state index in [9.17, 15) is 14.4 Å². The minimum Gasteiger partial charge on any atom is -0.444 e. The minimum absolute atomic E-state index is 0.0316. The zero-order valence-electron chi connectivity index (χ0n) is 20.5. The number of rotatable bonds is 5. The van der Waals surface area contributed by atoms with Crippen LogP contribution in [0.4, 0.5) is 10.6 Å². The van der Waals surface area contributed by atoms with Gasteiger partial charge in [-0.05, 0) is 44.4 Å². The molecule has 12 nitrogen and oxygen atoms in total. The van der Waals surface area contributed by atoms with E-state index in [1.54, 1.807) is 26.8 Å². The molecule has 0 atom stereocenters. The summed E-state index contributed by atoms with van der Waals surface area (Å²) in [7, 11) is 0. The third-order valence-electron chi connectivity index (χ3n) is 4.95. The topological polar surface area (TPSA) is 157 Å². The van der Waals surface area contributed by atoms with Crippen molar-refractivity contribution in [2.45, 2.75) is 46.1 Å². The Labute approximate surface area is 219 Å². The highest BCUT2D eigenvalue weighted by molar-refractivity contribution is 6.37. The number of carbonyl (C=O) groups excluding carboxylic acids is 1. The molecule has 37 heavy (non-hydrogen) atoms. The Hall–Kier alpha value is -3.90. The molecule has 4 aromatic rings. The summed E-state index contributed by atoms with van der Waals surface area (Å²) in [5, 5.41) is 15.2. The lowest BCUT2D eigenvalue weighted by Gasteiger charge is -2.19. The zero-order valence-corrected chi connectivity index (χ0v) is 22.0. The van der Waals surface area contributed by atoms with Crippen LogP contribution in [0.2, 0.25) is 10.0 Å². The molecule has 0 saturated heterocycles. The van der Waals surface area contributed by atoms with E-state index in [2.05, 4.69) is 44.4 Å². The van der Waals surface area contributed by atoms with E-state index in [0.29, 0.717) is 5.65 Å². The van der Waals surface area contributed by atoms with Crippen molar-refractivity contribution in [3.8, 4) is 17.3 Å². The number of fused-ring (bicyclic) bond motifs is 1. The molecule has 0 aliphatic rings. The van der Waals surface area contributed by atoms with E-state index in [-0.39, 0.29) is 33.3 Å². The number of anilines is 1. The van der Waals surface area contributed by atoms with Crippen molar-refractivity contribution in [3.05, 3.63) is 60.8 Å². The van der Waals surface area contributed by atoms with Crippen molar-refractivity contribution >= 4 is 46.1 Å². The molecule has 4 rings (SSSR count). The molecule has 0 saturated carbocycles. The van der Waals surface area contributed by atoms with Gasteiger partial charge < -0.3 is 14.5 Å². The summed E-state index contributed by atoms with van der Waals surface area (Å²) in [5.41, 5.74) is -0.849. The standard InChI is InChI=1S/C23H23Cl2N7O5/c1-10(2)13-9-26-18-12(13)8-16(29-30-18)36-17-14(24)6-11(7-15(17)25)32-21(34)28-20(33)19(31-32)27-22(35)37-23(3,4)5/h6-10H,1-5H3,(H,26,30)(H,27,31,35)(H,28,33,34). The lowest BCUT2D eigenvalue weighted by atomic mass is 10.0. The van der Waals surface area contributed by atoms with Crippen molar-refractivity contribution in [1.82, 2.24) is 29.9 Å². The van der Waals surface area contributed by atoms with E-state index in [1.807, 2.05) is 6.20 Å². The van der Waals surface area contributed by atoms with E-state index in [0.717, 1.165) is 15.6 Å². The van der Waals surface area contributed by atoms with E-state index < -0.39 is 28.8 Å². The van der Waals surface area contributed by atoms with Crippen molar-refractivity contribution < 1.29 is 14.3 Å². The van der Waals surface area contributed by atoms with Crippen LogP contribution in [0.1, 0.15) is 46.1 Å². The second kappa shape index (κ2) is 9.87. The van der Waals surface area contributed by atoms with Crippen LogP contribution in [0.3, 0.4) is 0 Å². The van der Waals surface area contributed by atoms with Gasteiger partial charge in [-0.2, -0.15) is 4.68 Å². The highest BCUT2D eigenvalue weighted by atomic mass is 35.5. The molecule has 1 aromatic carbocycles. The minimum atomic E-state index is -0.920. The van der Waals surface area contributed by atoms with Gasteiger partial charge in [-0.3, -0.25) is 15.1 Å². The number of aromatic amines is 2. The fourth-order valence-electron chi connectivity index (χ4n) is 3.38. The Morgan fingerprint density at radius 3 is 2.41 bits per heavy atom. The Kier molecular flexibility index (Phi) is 6.98. The molecule has 194 valence electrons. The third kappa shape index (κ3) is 5.75. The highest BCUT2D eigenvalue weighted by Gasteiger charge is 2.20. The number of ether oxygens (including phenoxy) is 2. The maximum Gasteiger partial charge on any atom is 0.413 e. The predicted molar refractivity (Wildman–Crippen MR) is 138 cm³/mol. The number of nitrogens with zero attached hydrogens (tertiary/aromatic N) is 4. The van der Waals surface area contributed by atoms with Crippen LogP contribution in [0, 0.1) is 0 Å². The van der Waals surface area contributed by atoms with Gasteiger partial charge in [0.2, 0.25) is 11.7 Å². The van der Waals surface area contributed by atoms with Gasteiger partial charge in [0.25, 0.3) is 5.56 Å². The Bertz CT molecular complexity index is 1600. The first-order chi connectivity index (χ1) is 17.3. The van der Waals surface area contributed by atoms with Crippen LogP contribution < -0.4 is 21.3 Å². The van der Waals surface area contributed by atoms with Crippen LogP contribution in [0.5, 0.6) is 11.6 Å². The summed E-state index contributed by atoms with van der Waals surface area (Å²) >= 11 is 12.9. The van der Waals surface area contributed by atoms with Gasteiger partial charge in [-0.25, -0.2) is 9.59 Å². The highest BCUT2D eigenvalue weighted by Crippen LogP contribution is 2.38. The smallest absolute Gasteiger partial charge is 0.413 e. The maximum atomic E-state index is 12.5. The van der Waals surface area contributed by atoms with Crippen molar-refractivity contribution in [3.63, 3.8) is 0 Å². The van der Waals surface area contributed by atoms with Crippen molar-refractivity contribution in [1.29, 1.82) is 0 Å². The van der Waals surface area contributed by atoms with Crippen molar-refractivity contribution in [2.75, 3.05) is 5.32 Å². The summed E-state index contributed by atoms with van der Waals surface area (Å²) < 4.78 is 11.8. The summed E-state index contributed by atoms with van der Waals surface area (Å²) in [6.45, 7) is 9.08. The molecule has 0 bridgehead atoms. The van der Waals surface area contributed by atoms with Crippen LogP contribution >= 0.6 is 23.2 Å². The quantitative estimate of drug-likeness (QED) is 0.322. The Morgan fingerprint density at radius 2 is 1.78 bits per heavy atom. The molecule has 3 heterocycles. The van der Waals surface area contributed by atoms with Gasteiger partial charge >= 0.3 is 11.8 Å². The molecule has 3 N–H and O–H groups in total. The summed E-state index contributed by atoms with van der Waals surface area (Å²) in [5.74, 6) is 0.0215. The fourth-order valence-corrected chi connectivity index (χ4v) is 3.93. The van der Waals surface area contributed by atoms with Crippen LogP contribution in [0.15, 0.2) is 34.0 Å². The maximum absolute atomic E-state index is 12.5. The molecule has 0 aliphatic carbocycles. The SMILES string of the molecule is CC(C)c1c[nH]c2nnc(Oc3c(Cl)cc(-n4nc(NC(=O)OC(C)(C)C)c(=O)[nH]c4=O)cc3Cl)cc12. The van der Waals surface area contributed by atoms with E-state index in [1.165, 1.54) is 12.1 Å². The van der Waals surface area contributed by atoms with E-state index >= 15 is 0 Å². The average Bonchev–Trinajstić information content (AvgIpc) is 3.20. The third-order valence-corrected chi connectivity index (χ3v) is 5.51. The monoisotopic (exact) mass is 547 g/mol. The number of hydrogen-bond acceptors (Lipinski definition) is 8. The molecule has 0 aliphatic heterocycles. The van der Waals surface area contributed by atoms with Crippen LogP contribution in [-0.2, 0) is 4.74 Å². The second-order valence-corrected chi connectivity index (χ2v) is 10.1. The normalized spacial score (nSPS) is 11.7. The molecule has 0 fully saturated rings. The summed E-state index contributed by atoms with van der Waals surface area (Å²) in [6.07, 6.45) is 0.945. The molecular weight excluding hydrogens is 525 g/mol. The fraction of sp³-hybridized carbons (Fsp3) is 0.304. The summed E-state index contributed by atoms with van der Waals surface area (Å²) in [6, 6.07) is 4.43. The number of hydrogen-bond donors (Lipinski definition) is 3. The number of benzene rings is 1.